The first-order valence-corrected chi connectivity index (χ1v) is 12.2. The number of aliphatic carboxylic acids is 1. The number of nitrogens with zero attached hydrogens (tertiary/aromatic N) is 1. The predicted octanol–water partition coefficient (Wildman–Crippen LogP) is 5.31. The average molecular weight is 446 g/mol. The first-order valence-electron chi connectivity index (χ1n) is 12.2. The van der Waals surface area contributed by atoms with Crippen molar-refractivity contribution in [2.24, 2.45) is 23.2 Å². The lowest BCUT2D eigenvalue weighted by atomic mass is 9.60. The summed E-state index contributed by atoms with van der Waals surface area (Å²) in [6, 6.07) is 2.01. The Hall–Kier alpha value is -2.11. The molecule has 2 aliphatic carbocycles. The molecule has 3 aliphatic rings. The molecule has 2 bridgehead atoms. The normalized spacial score (nSPS) is 32.1. The van der Waals surface area contributed by atoms with E-state index in [1.54, 1.807) is 6.07 Å². The highest BCUT2D eigenvalue weighted by molar-refractivity contribution is 5.97. The number of benzene rings is 1. The largest absolute Gasteiger partial charge is 0.493 e. The van der Waals surface area contributed by atoms with Crippen LogP contribution in [-0.4, -0.2) is 41.1 Å². The zero-order chi connectivity index (χ0) is 23.0. The number of amides is 1. The van der Waals surface area contributed by atoms with Gasteiger partial charge in [-0.15, -0.1) is 0 Å². The van der Waals surface area contributed by atoms with Crippen LogP contribution in [0.4, 0.5) is 4.39 Å². The van der Waals surface area contributed by atoms with E-state index in [1.165, 1.54) is 30.2 Å². The molecule has 2 saturated carbocycles. The lowest BCUT2D eigenvalue weighted by molar-refractivity contribution is -0.141. The van der Waals surface area contributed by atoms with Gasteiger partial charge in [-0.2, -0.15) is 0 Å². The molecule has 1 N–H and O–H groups in total. The maximum absolute atomic E-state index is 15.0. The molecule has 1 aliphatic heterocycles. The smallest absolute Gasteiger partial charge is 0.326 e. The van der Waals surface area contributed by atoms with E-state index < -0.39 is 23.7 Å². The summed E-state index contributed by atoms with van der Waals surface area (Å²) in [4.78, 5) is 25.7. The van der Waals surface area contributed by atoms with Crippen LogP contribution in [0.25, 0.3) is 0 Å². The Balaban J connectivity index is 1.49. The van der Waals surface area contributed by atoms with Crippen molar-refractivity contribution in [1.29, 1.82) is 0 Å². The van der Waals surface area contributed by atoms with Crippen molar-refractivity contribution >= 4 is 11.9 Å². The standard InChI is InChI=1S/C26H36FNO4/c1-4-19-11-20(24(29)28-7-5-6-22(28)25(30)31)21(27)12-23(19)32-15-26(3)13-17-8-16(2)9-18(10-17)14-26/h11-12,16-18,22H,4-10,13-15H2,1-3H3,(H,30,31). The molecular formula is C26H36FNO4. The number of halogens is 1. The van der Waals surface area contributed by atoms with Gasteiger partial charge in [0, 0.05) is 18.0 Å². The number of hydrogen-bond acceptors (Lipinski definition) is 3. The molecule has 1 aromatic carbocycles. The van der Waals surface area contributed by atoms with E-state index >= 15 is 4.39 Å². The first kappa shape index (κ1) is 23.1. The molecule has 3 fully saturated rings. The quantitative estimate of drug-likeness (QED) is 0.645. The van der Waals surface area contributed by atoms with E-state index in [1.807, 2.05) is 6.92 Å². The molecule has 0 aromatic heterocycles. The highest BCUT2D eigenvalue weighted by atomic mass is 19.1. The molecule has 6 heteroatoms. The summed E-state index contributed by atoms with van der Waals surface area (Å²) in [6.45, 7) is 7.51. The minimum Gasteiger partial charge on any atom is -0.493 e. The summed E-state index contributed by atoms with van der Waals surface area (Å²) in [5.41, 5.74) is 0.817. The second kappa shape index (κ2) is 9.03. The second-order valence-electron chi connectivity index (χ2n) is 10.8. The number of carboxylic acid groups (broad SMARTS) is 1. The third-order valence-electron chi connectivity index (χ3n) is 7.84. The van der Waals surface area contributed by atoms with E-state index in [4.69, 9.17) is 4.74 Å². The molecule has 3 atom stereocenters. The molecule has 5 nitrogen and oxygen atoms in total. The molecule has 0 spiro atoms. The second-order valence-corrected chi connectivity index (χ2v) is 10.8. The van der Waals surface area contributed by atoms with Crippen LogP contribution in [0, 0.1) is 29.0 Å². The summed E-state index contributed by atoms with van der Waals surface area (Å²) < 4.78 is 21.2. The Bertz CT molecular complexity index is 867. The number of carboxylic acids is 1. The molecule has 3 unspecified atom stereocenters. The summed E-state index contributed by atoms with van der Waals surface area (Å²) >= 11 is 0. The fourth-order valence-corrected chi connectivity index (χ4v) is 6.67. The van der Waals surface area contributed by atoms with E-state index in [0.29, 0.717) is 38.2 Å². The lowest BCUT2D eigenvalue weighted by Gasteiger charge is -2.47. The van der Waals surface area contributed by atoms with Crippen LogP contribution in [0.5, 0.6) is 5.75 Å². The minimum absolute atomic E-state index is 0.0604. The lowest BCUT2D eigenvalue weighted by Crippen LogP contribution is -2.40. The number of carbonyl (C=O) groups is 2. The van der Waals surface area contributed by atoms with Gasteiger partial charge in [0.25, 0.3) is 5.91 Å². The van der Waals surface area contributed by atoms with Gasteiger partial charge in [-0.1, -0.05) is 20.8 Å². The van der Waals surface area contributed by atoms with Gasteiger partial charge in [-0.3, -0.25) is 4.79 Å². The Morgan fingerprint density at radius 2 is 1.91 bits per heavy atom. The molecule has 176 valence electrons. The SMILES string of the molecule is CCc1cc(C(=O)N2CCCC2C(=O)O)c(F)cc1OCC1(C)CC2CC(C)CC(C2)C1. The molecule has 1 amide bonds. The molecule has 32 heavy (non-hydrogen) atoms. The minimum atomic E-state index is -1.04. The Labute approximate surface area is 190 Å². The maximum Gasteiger partial charge on any atom is 0.326 e. The predicted molar refractivity (Wildman–Crippen MR) is 120 cm³/mol. The Morgan fingerprint density at radius 3 is 2.53 bits per heavy atom. The van der Waals surface area contributed by atoms with Crippen LogP contribution in [0.3, 0.4) is 0 Å². The van der Waals surface area contributed by atoms with E-state index in [9.17, 15) is 14.7 Å². The number of aryl methyl sites for hydroxylation is 1. The molecule has 1 heterocycles. The molecule has 1 aromatic rings. The van der Waals surface area contributed by atoms with Gasteiger partial charge >= 0.3 is 5.97 Å². The van der Waals surface area contributed by atoms with Crippen LogP contribution in [-0.2, 0) is 11.2 Å². The number of likely N-dealkylation sites (tertiary alicyclic amines) is 1. The fourth-order valence-electron chi connectivity index (χ4n) is 6.67. The van der Waals surface area contributed by atoms with Crippen molar-refractivity contribution in [2.75, 3.05) is 13.2 Å². The Kier molecular flexibility index (Phi) is 6.51. The van der Waals surface area contributed by atoms with Crippen molar-refractivity contribution in [1.82, 2.24) is 4.90 Å². The van der Waals surface area contributed by atoms with Crippen molar-refractivity contribution < 1.29 is 23.8 Å². The number of hydrogen-bond donors (Lipinski definition) is 1. The zero-order valence-electron chi connectivity index (χ0n) is 19.5. The van der Waals surface area contributed by atoms with Crippen LogP contribution in [0.1, 0.15) is 81.6 Å². The van der Waals surface area contributed by atoms with Gasteiger partial charge in [-0.25, -0.2) is 9.18 Å². The summed E-state index contributed by atoms with van der Waals surface area (Å²) in [5.74, 6) is 0.612. The van der Waals surface area contributed by atoms with Gasteiger partial charge in [0.15, 0.2) is 0 Å². The van der Waals surface area contributed by atoms with Crippen LogP contribution in [0.2, 0.25) is 0 Å². The highest BCUT2D eigenvalue weighted by Crippen LogP contribution is 2.50. The van der Waals surface area contributed by atoms with Crippen LogP contribution in [0.15, 0.2) is 12.1 Å². The van der Waals surface area contributed by atoms with Crippen molar-refractivity contribution in [3.8, 4) is 5.75 Å². The number of ether oxygens (including phenoxy) is 1. The summed E-state index contributed by atoms with van der Waals surface area (Å²) in [7, 11) is 0. The summed E-state index contributed by atoms with van der Waals surface area (Å²) in [6.07, 6.45) is 7.86. The molecular weight excluding hydrogens is 409 g/mol. The average Bonchev–Trinajstić information content (AvgIpc) is 3.21. The van der Waals surface area contributed by atoms with Gasteiger partial charge in [0.05, 0.1) is 12.2 Å². The first-order chi connectivity index (χ1) is 15.2. The molecule has 0 radical (unpaired) electrons. The van der Waals surface area contributed by atoms with E-state index in [2.05, 4.69) is 13.8 Å². The number of carbonyl (C=O) groups excluding carboxylic acids is 1. The highest BCUT2D eigenvalue weighted by Gasteiger charge is 2.41. The monoisotopic (exact) mass is 445 g/mol. The number of rotatable bonds is 6. The fraction of sp³-hybridized carbons (Fsp3) is 0.692. The summed E-state index contributed by atoms with van der Waals surface area (Å²) in [5, 5.41) is 9.38. The van der Waals surface area contributed by atoms with E-state index in [-0.39, 0.29) is 11.0 Å². The third kappa shape index (κ3) is 4.65. The third-order valence-corrected chi connectivity index (χ3v) is 7.84. The van der Waals surface area contributed by atoms with Crippen molar-refractivity contribution in [3.63, 3.8) is 0 Å². The van der Waals surface area contributed by atoms with Crippen LogP contribution < -0.4 is 4.74 Å². The van der Waals surface area contributed by atoms with E-state index in [0.717, 1.165) is 36.2 Å². The van der Waals surface area contributed by atoms with Gasteiger partial charge in [-0.05, 0) is 80.8 Å². The Morgan fingerprint density at radius 1 is 1.22 bits per heavy atom. The van der Waals surface area contributed by atoms with Crippen molar-refractivity contribution in [3.05, 3.63) is 29.1 Å². The molecule has 4 rings (SSSR count). The van der Waals surface area contributed by atoms with Gasteiger partial charge in [0.2, 0.25) is 0 Å². The van der Waals surface area contributed by atoms with Gasteiger partial charge in [0.1, 0.15) is 17.6 Å². The zero-order valence-corrected chi connectivity index (χ0v) is 19.5. The van der Waals surface area contributed by atoms with Crippen LogP contribution >= 0.6 is 0 Å². The topological polar surface area (TPSA) is 66.8 Å². The van der Waals surface area contributed by atoms with Gasteiger partial charge < -0.3 is 14.7 Å². The maximum atomic E-state index is 15.0. The number of fused-ring (bicyclic) bond motifs is 2. The molecule has 1 saturated heterocycles. The van der Waals surface area contributed by atoms with Crippen molar-refractivity contribution in [2.45, 2.75) is 78.2 Å².